The van der Waals surface area contributed by atoms with Crippen molar-refractivity contribution in [2.75, 3.05) is 13.6 Å². The number of hydrogen-bond acceptors (Lipinski definition) is 4. The molecule has 0 radical (unpaired) electrons. The number of halogens is 1. The molecule has 0 aliphatic rings. The summed E-state index contributed by atoms with van der Waals surface area (Å²) < 4.78 is 14.0. The summed E-state index contributed by atoms with van der Waals surface area (Å²) in [6.07, 6.45) is 0.722. The smallest absolute Gasteiger partial charge is 0.131 e. The molecular formula is C16H22FN5. The molecule has 1 unspecified atom stereocenters. The number of hydrazone groups is 1. The minimum atomic E-state index is -0.242. The third-order valence-corrected chi connectivity index (χ3v) is 3.52. The number of amidine groups is 1. The van der Waals surface area contributed by atoms with Crippen molar-refractivity contribution in [1.82, 2.24) is 10.4 Å². The molecule has 1 atom stereocenters. The number of rotatable bonds is 6. The van der Waals surface area contributed by atoms with Gasteiger partial charge in [0, 0.05) is 5.39 Å². The van der Waals surface area contributed by atoms with Crippen molar-refractivity contribution in [1.29, 1.82) is 0 Å². The van der Waals surface area contributed by atoms with Crippen molar-refractivity contribution in [3.63, 3.8) is 0 Å². The summed E-state index contributed by atoms with van der Waals surface area (Å²) in [5.74, 6) is 6.20. The van der Waals surface area contributed by atoms with E-state index in [9.17, 15) is 4.39 Å². The third-order valence-electron chi connectivity index (χ3n) is 3.52. The molecule has 0 aliphatic heterocycles. The lowest BCUT2D eigenvalue weighted by Crippen LogP contribution is -2.34. The van der Waals surface area contributed by atoms with E-state index >= 15 is 0 Å². The summed E-state index contributed by atoms with van der Waals surface area (Å²) >= 11 is 0. The Hall–Kier alpha value is -2.18. The van der Waals surface area contributed by atoms with Gasteiger partial charge in [0.15, 0.2) is 0 Å². The van der Waals surface area contributed by atoms with Crippen LogP contribution in [0, 0.1) is 5.82 Å². The van der Waals surface area contributed by atoms with Gasteiger partial charge in [0.2, 0.25) is 0 Å². The van der Waals surface area contributed by atoms with Crippen LogP contribution in [0.25, 0.3) is 10.8 Å². The van der Waals surface area contributed by atoms with E-state index < -0.39 is 0 Å². The van der Waals surface area contributed by atoms with Crippen LogP contribution in [0.4, 0.5) is 4.39 Å². The van der Waals surface area contributed by atoms with Gasteiger partial charge in [0.25, 0.3) is 0 Å². The molecule has 6 heteroatoms. The highest BCUT2D eigenvalue weighted by atomic mass is 19.1. The third kappa shape index (κ3) is 3.52. The second-order valence-electron chi connectivity index (χ2n) is 5.21. The van der Waals surface area contributed by atoms with E-state index in [1.807, 2.05) is 25.2 Å². The number of fused-ring (bicyclic) bond motifs is 1. The van der Waals surface area contributed by atoms with Crippen molar-refractivity contribution in [3.05, 3.63) is 47.8 Å². The Kier molecular flexibility index (Phi) is 5.30. The van der Waals surface area contributed by atoms with Gasteiger partial charge in [-0.3, -0.25) is 0 Å². The Labute approximate surface area is 129 Å². The lowest BCUT2D eigenvalue weighted by molar-refractivity contribution is 0.201. The quantitative estimate of drug-likeness (QED) is 0.330. The fourth-order valence-corrected chi connectivity index (χ4v) is 2.54. The predicted octanol–water partition coefficient (Wildman–Crippen LogP) is 2.10. The molecule has 0 aromatic heterocycles. The van der Waals surface area contributed by atoms with Crippen molar-refractivity contribution in [2.45, 2.75) is 19.4 Å². The first-order chi connectivity index (χ1) is 10.5. The summed E-state index contributed by atoms with van der Waals surface area (Å²) in [7, 11) is 1.87. The van der Waals surface area contributed by atoms with E-state index in [0.29, 0.717) is 11.2 Å². The van der Waals surface area contributed by atoms with Crippen molar-refractivity contribution in [3.8, 4) is 0 Å². The van der Waals surface area contributed by atoms with Crippen LogP contribution in [0.15, 0.2) is 41.5 Å². The van der Waals surface area contributed by atoms with Crippen molar-refractivity contribution < 1.29 is 4.39 Å². The van der Waals surface area contributed by atoms with E-state index in [1.165, 1.54) is 11.2 Å². The maximum Gasteiger partial charge on any atom is 0.131 e. The number of hydrazine groups is 1. The normalized spacial score (nSPS) is 13.4. The molecule has 2 aromatic carbocycles. The Morgan fingerprint density at radius 2 is 1.95 bits per heavy atom. The van der Waals surface area contributed by atoms with Crippen LogP contribution in [0.1, 0.15) is 24.9 Å². The molecule has 5 N–H and O–H groups in total. The Bertz CT molecular complexity index is 667. The van der Waals surface area contributed by atoms with Gasteiger partial charge in [0.05, 0.1) is 6.04 Å². The van der Waals surface area contributed by atoms with Gasteiger partial charge in [-0.05, 0) is 44.0 Å². The molecule has 0 saturated heterocycles. The van der Waals surface area contributed by atoms with E-state index in [4.69, 9.17) is 11.6 Å². The highest BCUT2D eigenvalue weighted by molar-refractivity contribution is 5.86. The van der Waals surface area contributed by atoms with Crippen LogP contribution in [-0.4, -0.2) is 24.5 Å². The maximum atomic E-state index is 14.0. The Morgan fingerprint density at radius 3 is 2.59 bits per heavy atom. The summed E-state index contributed by atoms with van der Waals surface area (Å²) in [6.45, 7) is 2.43. The standard InChI is InChI=1S/C16H22FN5/c1-11(18)21-22(19)16(9-10-20-2)14-7-8-15(17)13-6-4-3-5-12(13)14/h3-8,16,20H,9-10,19H2,1-2H3,(H2,18,21). The SMILES string of the molecule is CNCCC(c1ccc(F)c2ccccc12)N(N)/N=C(/C)N. The van der Waals surface area contributed by atoms with Crippen LogP contribution < -0.4 is 16.9 Å². The highest BCUT2D eigenvalue weighted by Gasteiger charge is 2.20. The van der Waals surface area contributed by atoms with Crippen LogP contribution in [-0.2, 0) is 0 Å². The Morgan fingerprint density at radius 1 is 1.27 bits per heavy atom. The van der Waals surface area contributed by atoms with Crippen molar-refractivity contribution >= 4 is 16.6 Å². The van der Waals surface area contributed by atoms with Crippen molar-refractivity contribution in [2.24, 2.45) is 16.7 Å². The van der Waals surface area contributed by atoms with Gasteiger partial charge in [0.1, 0.15) is 11.7 Å². The summed E-state index contributed by atoms with van der Waals surface area (Å²) in [5, 5.41) is 9.99. The molecule has 0 aliphatic carbocycles. The number of nitrogens with two attached hydrogens (primary N) is 2. The van der Waals surface area contributed by atoms with Gasteiger partial charge < -0.3 is 11.1 Å². The first kappa shape index (κ1) is 16.2. The molecule has 22 heavy (non-hydrogen) atoms. The first-order valence-corrected chi connectivity index (χ1v) is 7.21. The van der Waals surface area contributed by atoms with E-state index in [1.54, 1.807) is 19.1 Å². The van der Waals surface area contributed by atoms with Crippen LogP contribution in [0.2, 0.25) is 0 Å². The summed E-state index contributed by atoms with van der Waals surface area (Å²) in [5.41, 5.74) is 6.56. The molecule has 0 saturated carbocycles. The lowest BCUT2D eigenvalue weighted by Gasteiger charge is -2.26. The van der Waals surface area contributed by atoms with Gasteiger partial charge >= 0.3 is 0 Å². The lowest BCUT2D eigenvalue weighted by atomic mass is 9.96. The van der Waals surface area contributed by atoms with E-state index in [-0.39, 0.29) is 11.9 Å². The van der Waals surface area contributed by atoms with Crippen LogP contribution in [0.5, 0.6) is 0 Å². The summed E-state index contributed by atoms with van der Waals surface area (Å²) in [4.78, 5) is 0. The molecule has 2 aromatic rings. The first-order valence-electron chi connectivity index (χ1n) is 7.21. The number of nitrogens with one attached hydrogen (secondary N) is 1. The minimum absolute atomic E-state index is 0.198. The van der Waals surface area contributed by atoms with E-state index in [0.717, 1.165) is 23.9 Å². The van der Waals surface area contributed by atoms with Gasteiger partial charge in [-0.2, -0.15) is 0 Å². The molecule has 118 valence electrons. The highest BCUT2D eigenvalue weighted by Crippen LogP contribution is 2.30. The molecule has 0 bridgehead atoms. The molecule has 0 amide bonds. The molecule has 2 rings (SSSR count). The Balaban J connectivity index is 2.51. The van der Waals surface area contributed by atoms with Crippen LogP contribution >= 0.6 is 0 Å². The molecule has 0 spiro atoms. The van der Waals surface area contributed by atoms with Gasteiger partial charge in [-0.25, -0.2) is 15.4 Å². The zero-order valence-corrected chi connectivity index (χ0v) is 12.9. The minimum Gasteiger partial charge on any atom is -0.386 e. The fraction of sp³-hybridized carbons (Fsp3) is 0.312. The molecular weight excluding hydrogens is 281 g/mol. The van der Waals surface area contributed by atoms with Crippen LogP contribution in [0.3, 0.4) is 0 Å². The molecule has 0 fully saturated rings. The average Bonchev–Trinajstić information content (AvgIpc) is 2.49. The number of benzene rings is 2. The molecule has 5 nitrogen and oxygen atoms in total. The largest absolute Gasteiger partial charge is 0.386 e. The maximum absolute atomic E-state index is 14.0. The molecule has 0 heterocycles. The second-order valence-corrected chi connectivity index (χ2v) is 5.21. The zero-order valence-electron chi connectivity index (χ0n) is 12.9. The van der Waals surface area contributed by atoms with Gasteiger partial charge in [-0.1, -0.05) is 30.3 Å². The second kappa shape index (κ2) is 7.20. The topological polar surface area (TPSA) is 79.7 Å². The summed E-state index contributed by atoms with van der Waals surface area (Å²) in [6, 6.07) is 10.4. The number of hydrogen-bond donors (Lipinski definition) is 3. The van der Waals surface area contributed by atoms with E-state index in [2.05, 4.69) is 10.4 Å². The fourth-order valence-electron chi connectivity index (χ4n) is 2.54. The number of nitrogens with zero attached hydrogens (tertiary/aromatic N) is 2. The zero-order chi connectivity index (χ0) is 16.1. The average molecular weight is 303 g/mol. The van der Waals surface area contributed by atoms with Gasteiger partial charge in [-0.15, -0.1) is 5.10 Å². The monoisotopic (exact) mass is 303 g/mol. The predicted molar refractivity (Wildman–Crippen MR) is 88.5 cm³/mol.